The summed E-state index contributed by atoms with van der Waals surface area (Å²) in [5, 5.41) is 10.5. The van der Waals surface area contributed by atoms with Gasteiger partial charge in [0.15, 0.2) is 0 Å². The molecule has 0 saturated carbocycles. The molecule has 6 heteroatoms. The van der Waals surface area contributed by atoms with Crippen LogP contribution >= 0.6 is 11.6 Å². The zero-order valence-electron chi connectivity index (χ0n) is 10.7. The van der Waals surface area contributed by atoms with E-state index in [-0.39, 0.29) is 17.3 Å². The number of hydrogen-bond acceptors (Lipinski definition) is 4. The maximum atomic E-state index is 12.3. The van der Waals surface area contributed by atoms with Crippen LogP contribution in [0.1, 0.15) is 0 Å². The van der Waals surface area contributed by atoms with Gasteiger partial charge in [-0.3, -0.25) is 9.78 Å². The highest BCUT2D eigenvalue weighted by molar-refractivity contribution is 6.33. The third kappa shape index (κ3) is 2.51. The topological polar surface area (TPSA) is 78.9 Å². The zero-order chi connectivity index (χ0) is 14.8. The second-order valence-electron chi connectivity index (χ2n) is 4.33. The van der Waals surface area contributed by atoms with E-state index in [1.165, 1.54) is 0 Å². The van der Waals surface area contributed by atoms with E-state index in [2.05, 4.69) is 15.0 Å². The Balaban J connectivity index is 2.19. The smallest absolute Gasteiger partial charge is 0.262 e. The fraction of sp³-hybridized carbons (Fsp3) is 0. The molecule has 0 unspecified atom stereocenters. The van der Waals surface area contributed by atoms with E-state index in [0.29, 0.717) is 16.1 Å². The molecule has 3 rings (SSSR count). The molecule has 1 aromatic carbocycles. The van der Waals surface area contributed by atoms with Crippen LogP contribution in [0.4, 0.5) is 0 Å². The lowest BCUT2D eigenvalue weighted by Gasteiger charge is -2.07. The molecule has 0 aliphatic carbocycles. The maximum absolute atomic E-state index is 12.3. The van der Waals surface area contributed by atoms with Crippen molar-refractivity contribution in [1.82, 2.24) is 15.0 Å². The summed E-state index contributed by atoms with van der Waals surface area (Å²) in [6, 6.07) is 10.2. The molecule has 104 valence electrons. The first-order valence-corrected chi connectivity index (χ1v) is 6.53. The molecule has 0 saturated heterocycles. The van der Waals surface area contributed by atoms with Gasteiger partial charge >= 0.3 is 0 Å². The van der Waals surface area contributed by atoms with Gasteiger partial charge < -0.3 is 10.1 Å². The first-order chi connectivity index (χ1) is 10.2. The lowest BCUT2D eigenvalue weighted by molar-refractivity contribution is 0.454. The quantitative estimate of drug-likeness (QED) is 0.762. The van der Waals surface area contributed by atoms with Gasteiger partial charge in [-0.25, -0.2) is 0 Å². The number of halogens is 1. The van der Waals surface area contributed by atoms with Crippen molar-refractivity contribution >= 4 is 11.6 Å². The lowest BCUT2D eigenvalue weighted by Crippen LogP contribution is -2.12. The minimum atomic E-state index is -0.463. The number of nitrogens with zero attached hydrogens (tertiary/aromatic N) is 2. The highest BCUT2D eigenvalue weighted by Gasteiger charge is 2.16. The molecule has 0 fully saturated rings. The molecule has 0 atom stereocenters. The van der Waals surface area contributed by atoms with Crippen molar-refractivity contribution in [3.05, 3.63) is 64.2 Å². The van der Waals surface area contributed by atoms with Gasteiger partial charge in [-0.15, -0.1) is 0 Å². The Hall–Kier alpha value is -2.66. The second kappa shape index (κ2) is 5.38. The summed E-state index contributed by atoms with van der Waals surface area (Å²) in [5.74, 6) is -0.118. The first-order valence-electron chi connectivity index (χ1n) is 6.15. The van der Waals surface area contributed by atoms with Crippen molar-refractivity contribution in [2.45, 2.75) is 0 Å². The van der Waals surface area contributed by atoms with Crippen LogP contribution in [0.5, 0.6) is 5.88 Å². The number of nitrogens with one attached hydrogen (secondary N) is 1. The van der Waals surface area contributed by atoms with Crippen LogP contribution in [0.2, 0.25) is 5.02 Å². The summed E-state index contributed by atoms with van der Waals surface area (Å²) in [6.45, 7) is 0. The largest absolute Gasteiger partial charge is 0.493 e. The minimum absolute atomic E-state index is 0.0493. The number of H-pyrrole nitrogens is 1. The number of pyridine rings is 1. The Morgan fingerprint density at radius 3 is 2.62 bits per heavy atom. The van der Waals surface area contributed by atoms with Crippen molar-refractivity contribution in [3.63, 3.8) is 0 Å². The molecular weight excluding hydrogens is 290 g/mol. The van der Waals surface area contributed by atoms with Crippen molar-refractivity contribution in [2.24, 2.45) is 0 Å². The standard InChI is InChI=1S/C15H10ClN3O2/c16-11-6-2-1-5-10(11)12-14(20)18-13(19-15(12)21)9-4-3-7-17-8-9/h1-8H,(H2,18,19,20,21). The summed E-state index contributed by atoms with van der Waals surface area (Å²) in [7, 11) is 0. The Kier molecular flexibility index (Phi) is 3.41. The number of aromatic hydroxyl groups is 1. The van der Waals surface area contributed by atoms with Gasteiger partial charge in [-0.05, 0) is 18.2 Å². The van der Waals surface area contributed by atoms with Crippen molar-refractivity contribution < 1.29 is 5.11 Å². The molecule has 5 nitrogen and oxygen atoms in total. The molecule has 0 aliphatic heterocycles. The van der Waals surface area contributed by atoms with Gasteiger partial charge in [0.1, 0.15) is 11.4 Å². The summed E-state index contributed by atoms with van der Waals surface area (Å²) < 4.78 is 0. The monoisotopic (exact) mass is 299 g/mol. The highest BCUT2D eigenvalue weighted by atomic mass is 35.5. The average molecular weight is 300 g/mol. The number of benzene rings is 1. The summed E-state index contributed by atoms with van der Waals surface area (Å²) in [5.41, 5.74) is 0.626. The third-order valence-electron chi connectivity index (χ3n) is 2.98. The van der Waals surface area contributed by atoms with Crippen LogP contribution in [0.15, 0.2) is 53.6 Å². The van der Waals surface area contributed by atoms with E-state index in [9.17, 15) is 9.90 Å². The van der Waals surface area contributed by atoms with E-state index < -0.39 is 5.56 Å². The van der Waals surface area contributed by atoms with Crippen molar-refractivity contribution in [1.29, 1.82) is 0 Å². The average Bonchev–Trinajstić information content (AvgIpc) is 2.49. The van der Waals surface area contributed by atoms with Crippen molar-refractivity contribution in [2.75, 3.05) is 0 Å². The molecule has 0 radical (unpaired) electrons. The number of hydrogen-bond donors (Lipinski definition) is 2. The fourth-order valence-corrected chi connectivity index (χ4v) is 2.24. The van der Waals surface area contributed by atoms with E-state index in [1.807, 2.05) is 0 Å². The fourth-order valence-electron chi connectivity index (χ4n) is 2.01. The molecule has 0 spiro atoms. The van der Waals surface area contributed by atoms with E-state index in [4.69, 9.17) is 11.6 Å². The third-order valence-corrected chi connectivity index (χ3v) is 3.31. The van der Waals surface area contributed by atoms with Crippen LogP contribution in [-0.2, 0) is 0 Å². The van der Waals surface area contributed by atoms with Crippen LogP contribution < -0.4 is 5.56 Å². The highest BCUT2D eigenvalue weighted by Crippen LogP contribution is 2.30. The Labute approximate surface area is 124 Å². The molecule has 0 bridgehead atoms. The van der Waals surface area contributed by atoms with E-state index in [1.54, 1.807) is 48.8 Å². The molecule has 0 aliphatic rings. The molecule has 0 amide bonds. The molecule has 2 N–H and O–H groups in total. The predicted molar refractivity (Wildman–Crippen MR) is 80.2 cm³/mol. The van der Waals surface area contributed by atoms with Crippen LogP contribution in [0.25, 0.3) is 22.5 Å². The van der Waals surface area contributed by atoms with Gasteiger partial charge in [0, 0.05) is 28.5 Å². The summed E-state index contributed by atoms with van der Waals surface area (Å²) in [6.07, 6.45) is 3.16. The van der Waals surface area contributed by atoms with Crippen LogP contribution in [-0.4, -0.2) is 20.1 Å². The van der Waals surface area contributed by atoms with Gasteiger partial charge in [0.05, 0.1) is 0 Å². The predicted octanol–water partition coefficient (Wildman–Crippen LogP) is 2.86. The summed E-state index contributed by atoms with van der Waals surface area (Å²) in [4.78, 5) is 22.9. The van der Waals surface area contributed by atoms with Gasteiger partial charge in [-0.1, -0.05) is 29.8 Å². The Bertz CT molecular complexity index is 847. The van der Waals surface area contributed by atoms with Crippen molar-refractivity contribution in [3.8, 4) is 28.4 Å². The van der Waals surface area contributed by atoms with E-state index in [0.717, 1.165) is 0 Å². The molecule has 2 heterocycles. The minimum Gasteiger partial charge on any atom is -0.493 e. The molecule has 3 aromatic rings. The summed E-state index contributed by atoms with van der Waals surface area (Å²) >= 11 is 6.06. The first kappa shape index (κ1) is 13.3. The second-order valence-corrected chi connectivity index (χ2v) is 4.74. The normalized spacial score (nSPS) is 10.5. The molecule has 21 heavy (non-hydrogen) atoms. The van der Waals surface area contributed by atoms with Gasteiger partial charge in [0.2, 0.25) is 5.88 Å². The van der Waals surface area contributed by atoms with Crippen LogP contribution in [0, 0.1) is 0 Å². The van der Waals surface area contributed by atoms with Gasteiger partial charge in [0.25, 0.3) is 5.56 Å². The number of aromatic amines is 1. The number of aromatic nitrogens is 3. The number of rotatable bonds is 2. The molecular formula is C15H10ClN3O2. The zero-order valence-corrected chi connectivity index (χ0v) is 11.5. The Morgan fingerprint density at radius 1 is 1.14 bits per heavy atom. The van der Waals surface area contributed by atoms with E-state index >= 15 is 0 Å². The van der Waals surface area contributed by atoms with Crippen LogP contribution in [0.3, 0.4) is 0 Å². The Morgan fingerprint density at radius 2 is 1.95 bits per heavy atom. The molecule has 2 aromatic heterocycles. The lowest BCUT2D eigenvalue weighted by atomic mass is 10.1. The maximum Gasteiger partial charge on any atom is 0.262 e. The SMILES string of the molecule is O=c1[nH]c(-c2cccnc2)nc(O)c1-c1ccccc1Cl. The van der Waals surface area contributed by atoms with Gasteiger partial charge in [-0.2, -0.15) is 4.98 Å².